The van der Waals surface area contributed by atoms with Crippen molar-refractivity contribution in [2.24, 2.45) is 0 Å². The van der Waals surface area contributed by atoms with E-state index in [1.807, 2.05) is 55.5 Å². The third-order valence-corrected chi connectivity index (χ3v) is 3.80. The molecule has 0 unspecified atom stereocenters. The van der Waals surface area contributed by atoms with Crippen LogP contribution in [-0.4, -0.2) is 18.5 Å². The van der Waals surface area contributed by atoms with Crippen LogP contribution in [0.5, 0.6) is 11.5 Å². The van der Waals surface area contributed by atoms with Gasteiger partial charge in [-0.05, 0) is 43.5 Å². The van der Waals surface area contributed by atoms with Gasteiger partial charge < -0.3 is 15.4 Å². The molecule has 1 saturated carbocycles. The normalized spacial score (nSPS) is 13.6. The van der Waals surface area contributed by atoms with E-state index in [2.05, 4.69) is 10.6 Å². The molecule has 2 aromatic rings. The maximum atomic E-state index is 11.9. The molecular formula is C19H22N2O2. The van der Waals surface area contributed by atoms with Crippen molar-refractivity contribution in [2.75, 3.05) is 6.54 Å². The molecule has 120 valence electrons. The van der Waals surface area contributed by atoms with Crippen LogP contribution in [0.2, 0.25) is 0 Å². The summed E-state index contributed by atoms with van der Waals surface area (Å²) < 4.78 is 5.96. The largest absolute Gasteiger partial charge is 0.457 e. The van der Waals surface area contributed by atoms with E-state index in [1.165, 1.54) is 12.8 Å². The highest BCUT2D eigenvalue weighted by atomic mass is 16.5. The van der Waals surface area contributed by atoms with Crippen LogP contribution in [0.1, 0.15) is 24.0 Å². The van der Waals surface area contributed by atoms with E-state index >= 15 is 0 Å². The Balaban J connectivity index is 1.62. The molecule has 23 heavy (non-hydrogen) atoms. The zero-order valence-electron chi connectivity index (χ0n) is 13.3. The maximum Gasteiger partial charge on any atom is 0.234 e. The van der Waals surface area contributed by atoms with Crippen LogP contribution < -0.4 is 15.4 Å². The second kappa shape index (κ2) is 7.29. The van der Waals surface area contributed by atoms with E-state index in [1.54, 1.807) is 0 Å². The van der Waals surface area contributed by atoms with Gasteiger partial charge in [0.05, 0.1) is 6.54 Å². The summed E-state index contributed by atoms with van der Waals surface area (Å²) in [5, 5.41) is 6.16. The van der Waals surface area contributed by atoms with Crippen molar-refractivity contribution in [2.45, 2.75) is 32.4 Å². The Hall–Kier alpha value is -2.33. The Bertz CT molecular complexity index is 666. The van der Waals surface area contributed by atoms with E-state index in [0.29, 0.717) is 19.1 Å². The third kappa shape index (κ3) is 4.83. The lowest BCUT2D eigenvalue weighted by molar-refractivity contribution is -0.120. The summed E-state index contributed by atoms with van der Waals surface area (Å²) in [4.78, 5) is 11.9. The average molecular weight is 310 g/mol. The molecule has 0 bridgehead atoms. The van der Waals surface area contributed by atoms with Crippen LogP contribution in [0.15, 0.2) is 48.5 Å². The number of amides is 1. The van der Waals surface area contributed by atoms with Crippen molar-refractivity contribution < 1.29 is 9.53 Å². The molecule has 4 heteroatoms. The summed E-state index contributed by atoms with van der Waals surface area (Å²) in [6.45, 7) is 2.87. The highest BCUT2D eigenvalue weighted by molar-refractivity contribution is 5.78. The Kier molecular flexibility index (Phi) is 4.93. The SMILES string of the molecule is Cc1ccc(CNC(=O)CNC2CC2)c(Oc2ccccc2)c1. The second-order valence-electron chi connectivity index (χ2n) is 5.96. The number of ether oxygens (including phenoxy) is 1. The molecule has 0 spiro atoms. The number of aryl methyl sites for hydroxylation is 1. The number of para-hydroxylation sites is 1. The van der Waals surface area contributed by atoms with E-state index in [4.69, 9.17) is 4.74 Å². The van der Waals surface area contributed by atoms with Crippen molar-refractivity contribution in [3.05, 3.63) is 59.7 Å². The highest BCUT2D eigenvalue weighted by Gasteiger charge is 2.21. The number of rotatable bonds is 7. The lowest BCUT2D eigenvalue weighted by Crippen LogP contribution is -2.34. The molecule has 0 radical (unpaired) electrons. The Morgan fingerprint density at radius 1 is 1.17 bits per heavy atom. The first-order valence-corrected chi connectivity index (χ1v) is 8.03. The molecule has 4 nitrogen and oxygen atoms in total. The van der Waals surface area contributed by atoms with Gasteiger partial charge in [-0.3, -0.25) is 4.79 Å². The molecule has 2 aromatic carbocycles. The second-order valence-corrected chi connectivity index (χ2v) is 5.96. The van der Waals surface area contributed by atoms with E-state index in [9.17, 15) is 4.79 Å². The van der Waals surface area contributed by atoms with Crippen LogP contribution >= 0.6 is 0 Å². The Morgan fingerprint density at radius 3 is 2.70 bits per heavy atom. The quantitative estimate of drug-likeness (QED) is 0.826. The fraction of sp³-hybridized carbons (Fsp3) is 0.316. The summed E-state index contributed by atoms with van der Waals surface area (Å²) in [7, 11) is 0. The molecule has 1 amide bonds. The minimum absolute atomic E-state index is 0.0168. The van der Waals surface area contributed by atoms with Crippen LogP contribution in [-0.2, 0) is 11.3 Å². The molecule has 1 fully saturated rings. The molecular weight excluding hydrogens is 288 g/mol. The topological polar surface area (TPSA) is 50.4 Å². The molecule has 3 rings (SSSR count). The first kappa shape index (κ1) is 15.6. The van der Waals surface area contributed by atoms with Crippen molar-refractivity contribution in [1.82, 2.24) is 10.6 Å². The predicted molar refractivity (Wildman–Crippen MR) is 90.6 cm³/mol. The minimum atomic E-state index is 0.0168. The summed E-state index contributed by atoms with van der Waals surface area (Å²) in [5.74, 6) is 1.59. The first-order valence-electron chi connectivity index (χ1n) is 8.03. The summed E-state index contributed by atoms with van der Waals surface area (Å²) in [5.41, 5.74) is 2.10. The first-order chi connectivity index (χ1) is 11.2. The summed E-state index contributed by atoms with van der Waals surface area (Å²) >= 11 is 0. The van der Waals surface area contributed by atoms with Crippen LogP contribution in [0.4, 0.5) is 0 Å². The number of hydrogen-bond acceptors (Lipinski definition) is 3. The molecule has 2 N–H and O–H groups in total. The van der Waals surface area contributed by atoms with Crippen molar-refractivity contribution in [3.63, 3.8) is 0 Å². The third-order valence-electron chi connectivity index (χ3n) is 3.80. The fourth-order valence-electron chi connectivity index (χ4n) is 2.30. The van der Waals surface area contributed by atoms with Crippen LogP contribution in [0.3, 0.4) is 0 Å². The van der Waals surface area contributed by atoms with Crippen LogP contribution in [0, 0.1) is 6.92 Å². The van der Waals surface area contributed by atoms with Gasteiger partial charge in [0.15, 0.2) is 0 Å². The summed E-state index contributed by atoms with van der Waals surface area (Å²) in [6.07, 6.45) is 2.36. The molecule has 1 aliphatic carbocycles. The number of benzene rings is 2. The van der Waals surface area contributed by atoms with Crippen molar-refractivity contribution in [3.8, 4) is 11.5 Å². The van der Waals surface area contributed by atoms with Gasteiger partial charge in [0, 0.05) is 18.2 Å². The lowest BCUT2D eigenvalue weighted by Gasteiger charge is -2.13. The average Bonchev–Trinajstić information content (AvgIpc) is 3.37. The highest BCUT2D eigenvalue weighted by Crippen LogP contribution is 2.26. The van der Waals surface area contributed by atoms with Crippen LogP contribution in [0.25, 0.3) is 0 Å². The lowest BCUT2D eigenvalue weighted by atomic mass is 10.1. The Morgan fingerprint density at radius 2 is 1.96 bits per heavy atom. The molecule has 1 aliphatic rings. The van der Waals surface area contributed by atoms with Gasteiger partial charge in [-0.1, -0.05) is 30.3 Å². The maximum absolute atomic E-state index is 11.9. The zero-order chi connectivity index (χ0) is 16.1. The number of carbonyl (C=O) groups is 1. The fourth-order valence-corrected chi connectivity index (χ4v) is 2.30. The van der Waals surface area contributed by atoms with Gasteiger partial charge in [0.2, 0.25) is 5.91 Å². The van der Waals surface area contributed by atoms with Gasteiger partial charge >= 0.3 is 0 Å². The van der Waals surface area contributed by atoms with E-state index in [-0.39, 0.29) is 5.91 Å². The molecule has 0 heterocycles. The molecule has 0 saturated heterocycles. The van der Waals surface area contributed by atoms with Gasteiger partial charge in [-0.2, -0.15) is 0 Å². The van der Waals surface area contributed by atoms with E-state index in [0.717, 1.165) is 22.6 Å². The zero-order valence-corrected chi connectivity index (χ0v) is 13.3. The summed E-state index contributed by atoms with van der Waals surface area (Å²) in [6, 6.07) is 16.2. The number of carbonyl (C=O) groups excluding carboxylic acids is 1. The van der Waals surface area contributed by atoms with Gasteiger partial charge in [-0.25, -0.2) is 0 Å². The predicted octanol–water partition coefficient (Wildman–Crippen LogP) is 3.16. The smallest absolute Gasteiger partial charge is 0.234 e. The Labute approximate surface area is 136 Å². The van der Waals surface area contributed by atoms with Crippen molar-refractivity contribution in [1.29, 1.82) is 0 Å². The van der Waals surface area contributed by atoms with E-state index < -0.39 is 0 Å². The molecule has 0 atom stereocenters. The molecule has 0 aliphatic heterocycles. The molecule has 0 aromatic heterocycles. The van der Waals surface area contributed by atoms with Gasteiger partial charge in [0.25, 0.3) is 0 Å². The van der Waals surface area contributed by atoms with Gasteiger partial charge in [0.1, 0.15) is 11.5 Å². The van der Waals surface area contributed by atoms with Gasteiger partial charge in [-0.15, -0.1) is 0 Å². The monoisotopic (exact) mass is 310 g/mol. The number of hydrogen-bond donors (Lipinski definition) is 2. The number of nitrogens with one attached hydrogen (secondary N) is 2. The van der Waals surface area contributed by atoms with Crippen molar-refractivity contribution >= 4 is 5.91 Å². The minimum Gasteiger partial charge on any atom is -0.457 e. The standard InChI is InChI=1S/C19H22N2O2/c1-14-7-8-15(12-21-19(22)13-20-16-9-10-16)18(11-14)23-17-5-3-2-4-6-17/h2-8,11,16,20H,9-10,12-13H2,1H3,(H,21,22).